The molecular weight excluding hydrogens is 321 g/mol. The number of hydrogen-bond donors (Lipinski definition) is 2. The van der Waals surface area contributed by atoms with E-state index in [1.807, 2.05) is 13.8 Å². The number of nitrogens with zero attached hydrogens (tertiary/aromatic N) is 1. The minimum absolute atomic E-state index is 0.113. The number of halogens is 1. The third-order valence-corrected chi connectivity index (χ3v) is 5.28. The van der Waals surface area contributed by atoms with Crippen molar-refractivity contribution < 1.29 is 14.0 Å². The summed E-state index contributed by atoms with van der Waals surface area (Å²) in [5.74, 6) is 0.0561. The first-order valence-electron chi connectivity index (χ1n) is 8.99. The van der Waals surface area contributed by atoms with Crippen LogP contribution in [0.15, 0.2) is 18.2 Å². The fraction of sp³-hybridized carbons (Fsp3) is 0.579. The maximum absolute atomic E-state index is 14.3. The maximum atomic E-state index is 14.3. The molecule has 3 atom stereocenters. The normalized spacial score (nSPS) is 25.3. The zero-order valence-corrected chi connectivity index (χ0v) is 14.8. The van der Waals surface area contributed by atoms with Gasteiger partial charge in [-0.1, -0.05) is 13.8 Å². The highest BCUT2D eigenvalue weighted by Gasteiger charge is 2.42. The van der Waals surface area contributed by atoms with Gasteiger partial charge in [0.2, 0.25) is 5.91 Å². The summed E-state index contributed by atoms with van der Waals surface area (Å²) >= 11 is 0. The van der Waals surface area contributed by atoms with Gasteiger partial charge < -0.3 is 16.0 Å². The van der Waals surface area contributed by atoms with Crippen LogP contribution in [0.3, 0.4) is 0 Å². The number of fused-ring (bicyclic) bond motifs is 1. The van der Waals surface area contributed by atoms with E-state index in [9.17, 15) is 14.0 Å². The highest BCUT2D eigenvalue weighted by atomic mass is 19.1. The first-order valence-corrected chi connectivity index (χ1v) is 8.99. The number of carbonyl (C=O) groups is 2. The second kappa shape index (κ2) is 7.12. The molecule has 1 aromatic carbocycles. The van der Waals surface area contributed by atoms with Crippen LogP contribution in [0.4, 0.5) is 10.1 Å². The topological polar surface area (TPSA) is 75.4 Å². The lowest BCUT2D eigenvalue weighted by Crippen LogP contribution is -2.33. The molecule has 0 spiro atoms. The van der Waals surface area contributed by atoms with E-state index >= 15 is 0 Å². The third kappa shape index (κ3) is 3.84. The van der Waals surface area contributed by atoms with Gasteiger partial charge in [-0.05, 0) is 48.8 Å². The average molecular weight is 347 g/mol. The van der Waals surface area contributed by atoms with E-state index in [1.54, 1.807) is 11.0 Å². The lowest BCUT2D eigenvalue weighted by Gasteiger charge is -2.19. The van der Waals surface area contributed by atoms with E-state index in [-0.39, 0.29) is 29.5 Å². The van der Waals surface area contributed by atoms with E-state index in [4.69, 9.17) is 5.73 Å². The maximum Gasteiger partial charge on any atom is 0.253 e. The van der Waals surface area contributed by atoms with Crippen molar-refractivity contribution >= 4 is 17.5 Å². The molecule has 1 saturated heterocycles. The van der Waals surface area contributed by atoms with Crippen LogP contribution in [0.25, 0.3) is 0 Å². The Hall–Kier alpha value is -1.95. The molecule has 1 aliphatic heterocycles. The van der Waals surface area contributed by atoms with Crippen LogP contribution < -0.4 is 11.1 Å². The Balaban J connectivity index is 1.66. The lowest BCUT2D eigenvalue weighted by atomic mass is 9.98. The zero-order chi connectivity index (χ0) is 18.1. The molecule has 1 aliphatic carbocycles. The second-order valence-electron chi connectivity index (χ2n) is 7.72. The summed E-state index contributed by atoms with van der Waals surface area (Å²) in [6.07, 6.45) is 2.42. The molecule has 6 heteroatoms. The number of likely N-dealkylation sites (tertiary alicyclic amines) is 1. The highest BCUT2D eigenvalue weighted by molar-refractivity contribution is 5.96. The molecule has 25 heavy (non-hydrogen) atoms. The molecular formula is C19H26FN3O2. The van der Waals surface area contributed by atoms with Crippen LogP contribution in [-0.2, 0) is 4.79 Å². The zero-order valence-electron chi connectivity index (χ0n) is 14.8. The van der Waals surface area contributed by atoms with Gasteiger partial charge in [0.25, 0.3) is 5.91 Å². The summed E-state index contributed by atoms with van der Waals surface area (Å²) in [5, 5.41) is 2.56. The number of carbonyl (C=O) groups excluding carboxylic acids is 2. The number of nitrogens with one attached hydrogen (secondary N) is 1. The van der Waals surface area contributed by atoms with Crippen molar-refractivity contribution in [1.82, 2.24) is 4.90 Å². The molecule has 1 heterocycles. The van der Waals surface area contributed by atoms with Crippen molar-refractivity contribution in [2.75, 3.05) is 18.4 Å². The lowest BCUT2D eigenvalue weighted by molar-refractivity contribution is -0.116. The quantitative estimate of drug-likeness (QED) is 0.879. The van der Waals surface area contributed by atoms with Gasteiger partial charge >= 0.3 is 0 Å². The van der Waals surface area contributed by atoms with Crippen molar-refractivity contribution in [3.63, 3.8) is 0 Å². The average Bonchev–Trinajstić information content (AvgIpc) is 3.10. The molecule has 2 amide bonds. The SMILES string of the molecule is CC(C)CC(=O)Nc1ccc(C(=O)N2CC3CCC(N)C3C2)cc1F. The second-order valence-corrected chi connectivity index (χ2v) is 7.72. The molecule has 3 N–H and O–H groups in total. The number of rotatable bonds is 4. The van der Waals surface area contributed by atoms with E-state index in [0.717, 1.165) is 12.8 Å². The van der Waals surface area contributed by atoms with E-state index in [2.05, 4.69) is 5.32 Å². The minimum Gasteiger partial charge on any atom is -0.338 e. The number of amides is 2. The molecule has 0 bridgehead atoms. The fourth-order valence-corrected chi connectivity index (χ4v) is 3.98. The predicted octanol–water partition coefficient (Wildman–Crippen LogP) is 2.62. The van der Waals surface area contributed by atoms with Crippen LogP contribution >= 0.6 is 0 Å². The Labute approximate surface area is 147 Å². The molecule has 1 aromatic rings. The molecule has 1 saturated carbocycles. The summed E-state index contributed by atoms with van der Waals surface area (Å²) in [6, 6.07) is 4.41. The predicted molar refractivity (Wildman–Crippen MR) is 94.6 cm³/mol. The standard InChI is InChI=1S/C19H26FN3O2/c1-11(2)7-18(24)22-17-6-4-12(8-15(17)20)19(25)23-9-13-3-5-16(21)14(13)10-23/h4,6,8,11,13-14,16H,3,5,7,9-10,21H2,1-2H3,(H,22,24). The van der Waals surface area contributed by atoms with Gasteiger partial charge in [-0.3, -0.25) is 9.59 Å². The van der Waals surface area contributed by atoms with Crippen LogP contribution in [0.5, 0.6) is 0 Å². The molecule has 136 valence electrons. The number of nitrogens with two attached hydrogens (primary N) is 1. The van der Waals surface area contributed by atoms with Gasteiger partial charge in [0, 0.05) is 31.1 Å². The monoisotopic (exact) mass is 347 g/mol. The smallest absolute Gasteiger partial charge is 0.253 e. The molecule has 2 aliphatic rings. The molecule has 3 rings (SSSR count). The van der Waals surface area contributed by atoms with Crippen molar-refractivity contribution in [1.29, 1.82) is 0 Å². The summed E-state index contributed by atoms with van der Waals surface area (Å²) in [6.45, 7) is 5.20. The van der Waals surface area contributed by atoms with E-state index in [1.165, 1.54) is 12.1 Å². The van der Waals surface area contributed by atoms with Crippen molar-refractivity contribution in [2.24, 2.45) is 23.5 Å². The summed E-state index contributed by atoms with van der Waals surface area (Å²) in [5.41, 5.74) is 6.53. The summed E-state index contributed by atoms with van der Waals surface area (Å²) in [7, 11) is 0. The molecule has 0 radical (unpaired) electrons. The van der Waals surface area contributed by atoms with E-state index in [0.29, 0.717) is 36.9 Å². The number of benzene rings is 1. The first kappa shape index (κ1) is 17.9. The van der Waals surface area contributed by atoms with Crippen LogP contribution in [0.2, 0.25) is 0 Å². The Morgan fingerprint density at radius 1 is 1.32 bits per heavy atom. The van der Waals surface area contributed by atoms with Gasteiger partial charge in [-0.15, -0.1) is 0 Å². The van der Waals surface area contributed by atoms with Crippen molar-refractivity contribution in [2.45, 2.75) is 39.2 Å². The Bertz CT molecular complexity index is 677. The van der Waals surface area contributed by atoms with Crippen LogP contribution in [0.1, 0.15) is 43.5 Å². The Kier molecular flexibility index (Phi) is 5.08. The Morgan fingerprint density at radius 2 is 2.08 bits per heavy atom. The Morgan fingerprint density at radius 3 is 2.72 bits per heavy atom. The van der Waals surface area contributed by atoms with E-state index < -0.39 is 5.82 Å². The summed E-state index contributed by atoms with van der Waals surface area (Å²) < 4.78 is 14.3. The number of hydrogen-bond acceptors (Lipinski definition) is 3. The first-order chi connectivity index (χ1) is 11.8. The molecule has 5 nitrogen and oxygen atoms in total. The van der Waals surface area contributed by atoms with Crippen molar-refractivity contribution in [3.8, 4) is 0 Å². The minimum atomic E-state index is -0.584. The molecule has 0 aromatic heterocycles. The van der Waals surface area contributed by atoms with Crippen LogP contribution in [-0.4, -0.2) is 35.8 Å². The third-order valence-electron chi connectivity index (χ3n) is 5.28. The number of anilines is 1. The van der Waals surface area contributed by atoms with Gasteiger partial charge in [0.05, 0.1) is 5.69 Å². The largest absolute Gasteiger partial charge is 0.338 e. The highest BCUT2D eigenvalue weighted by Crippen LogP contribution is 2.37. The van der Waals surface area contributed by atoms with Gasteiger partial charge in [0.1, 0.15) is 5.82 Å². The summed E-state index contributed by atoms with van der Waals surface area (Å²) in [4.78, 5) is 26.2. The fourth-order valence-electron chi connectivity index (χ4n) is 3.98. The van der Waals surface area contributed by atoms with Gasteiger partial charge in [-0.25, -0.2) is 4.39 Å². The molecule has 3 unspecified atom stereocenters. The van der Waals surface area contributed by atoms with Gasteiger partial charge in [0.15, 0.2) is 0 Å². The molecule has 2 fully saturated rings. The van der Waals surface area contributed by atoms with Crippen molar-refractivity contribution in [3.05, 3.63) is 29.6 Å². The van der Waals surface area contributed by atoms with Crippen LogP contribution in [0, 0.1) is 23.6 Å². The van der Waals surface area contributed by atoms with Gasteiger partial charge in [-0.2, -0.15) is 0 Å².